The van der Waals surface area contributed by atoms with E-state index < -0.39 is 17.3 Å². The summed E-state index contributed by atoms with van der Waals surface area (Å²) in [7, 11) is 0. The SMILES string of the molecule is N#Cc1c(Nc2ccccc2C(F)(F)F)sn([C@@H]2CNCC23CC3)c1=O. The van der Waals surface area contributed by atoms with Crippen LogP contribution < -0.4 is 16.2 Å². The predicted octanol–water partition coefficient (Wildman–Crippen LogP) is 3.47. The van der Waals surface area contributed by atoms with E-state index in [1.165, 1.54) is 18.2 Å². The van der Waals surface area contributed by atoms with E-state index in [1.807, 2.05) is 6.07 Å². The normalized spacial score (nSPS) is 20.9. The lowest BCUT2D eigenvalue weighted by Gasteiger charge is -2.17. The van der Waals surface area contributed by atoms with Gasteiger partial charge in [0.1, 0.15) is 11.1 Å². The van der Waals surface area contributed by atoms with Gasteiger partial charge in [-0.1, -0.05) is 12.1 Å². The van der Waals surface area contributed by atoms with Gasteiger partial charge in [0.2, 0.25) is 0 Å². The van der Waals surface area contributed by atoms with Crippen molar-refractivity contribution >= 4 is 22.2 Å². The standard InChI is InChI=1S/C17H15F3N4OS/c18-17(19,20)11-3-1-2-4-12(11)23-14-10(7-21)15(25)24(26-14)13-8-22-9-16(13)5-6-16/h1-4,13,22-23H,5-6,8-9H2/t13-/m1/s1. The van der Waals surface area contributed by atoms with E-state index in [0.29, 0.717) is 6.54 Å². The van der Waals surface area contributed by atoms with Crippen molar-refractivity contribution in [1.29, 1.82) is 5.26 Å². The van der Waals surface area contributed by atoms with Crippen LogP contribution in [0.2, 0.25) is 0 Å². The highest BCUT2D eigenvalue weighted by atomic mass is 32.1. The summed E-state index contributed by atoms with van der Waals surface area (Å²) in [4.78, 5) is 12.7. The summed E-state index contributed by atoms with van der Waals surface area (Å²) in [5.74, 6) is 0. The highest BCUT2D eigenvalue weighted by Crippen LogP contribution is 2.56. The van der Waals surface area contributed by atoms with E-state index >= 15 is 0 Å². The van der Waals surface area contributed by atoms with Gasteiger partial charge in [-0.3, -0.25) is 8.75 Å². The van der Waals surface area contributed by atoms with Gasteiger partial charge in [-0.2, -0.15) is 18.4 Å². The van der Waals surface area contributed by atoms with Crippen molar-refractivity contribution in [3.05, 3.63) is 45.7 Å². The molecule has 1 aromatic heterocycles. The molecule has 9 heteroatoms. The zero-order valence-corrected chi connectivity index (χ0v) is 14.4. The maximum absolute atomic E-state index is 13.2. The van der Waals surface area contributed by atoms with Crippen LogP contribution in [0.15, 0.2) is 29.1 Å². The molecule has 4 rings (SSSR count). The van der Waals surface area contributed by atoms with Gasteiger partial charge in [-0.25, -0.2) is 0 Å². The first-order chi connectivity index (χ1) is 12.4. The number of anilines is 2. The lowest BCUT2D eigenvalue weighted by atomic mass is 10.0. The van der Waals surface area contributed by atoms with E-state index in [9.17, 15) is 23.2 Å². The monoisotopic (exact) mass is 380 g/mol. The zero-order valence-electron chi connectivity index (χ0n) is 13.6. The second-order valence-corrected chi connectivity index (χ2v) is 7.70. The molecule has 0 unspecified atom stereocenters. The third-order valence-corrected chi connectivity index (χ3v) is 6.23. The van der Waals surface area contributed by atoms with Crippen molar-refractivity contribution in [3.63, 3.8) is 0 Å². The maximum Gasteiger partial charge on any atom is 0.418 e. The quantitative estimate of drug-likeness (QED) is 0.856. The van der Waals surface area contributed by atoms with Crippen molar-refractivity contribution < 1.29 is 13.2 Å². The number of hydrogen-bond acceptors (Lipinski definition) is 5. The minimum absolute atomic E-state index is 0.0442. The van der Waals surface area contributed by atoms with Crippen LogP contribution in [0.4, 0.5) is 23.9 Å². The van der Waals surface area contributed by atoms with E-state index in [1.54, 1.807) is 3.96 Å². The van der Waals surface area contributed by atoms with Crippen molar-refractivity contribution in [2.75, 3.05) is 18.4 Å². The Kier molecular flexibility index (Phi) is 3.86. The van der Waals surface area contributed by atoms with Crippen LogP contribution in [0.3, 0.4) is 0 Å². The third kappa shape index (κ3) is 2.70. The molecule has 136 valence electrons. The first-order valence-corrected chi connectivity index (χ1v) is 8.93. The van der Waals surface area contributed by atoms with E-state index in [4.69, 9.17) is 0 Å². The molecule has 1 aliphatic heterocycles. The third-order valence-electron chi connectivity index (χ3n) is 5.12. The predicted molar refractivity (Wildman–Crippen MR) is 91.6 cm³/mol. The van der Waals surface area contributed by atoms with Gasteiger partial charge in [0.15, 0.2) is 5.56 Å². The first kappa shape index (κ1) is 17.1. The lowest BCUT2D eigenvalue weighted by molar-refractivity contribution is -0.136. The van der Waals surface area contributed by atoms with Gasteiger partial charge < -0.3 is 10.6 Å². The van der Waals surface area contributed by atoms with Crippen LogP contribution in [-0.2, 0) is 6.18 Å². The van der Waals surface area contributed by atoms with Crippen LogP contribution in [0.25, 0.3) is 0 Å². The van der Waals surface area contributed by atoms with Gasteiger partial charge >= 0.3 is 6.18 Å². The summed E-state index contributed by atoms with van der Waals surface area (Å²) < 4.78 is 41.1. The average molecular weight is 380 g/mol. The molecule has 2 fully saturated rings. The summed E-state index contributed by atoms with van der Waals surface area (Å²) in [5, 5.41) is 15.5. The lowest BCUT2D eigenvalue weighted by Crippen LogP contribution is -2.26. The summed E-state index contributed by atoms with van der Waals surface area (Å²) >= 11 is 1.03. The number of aromatic nitrogens is 1. The number of nitriles is 1. The number of nitrogens with zero attached hydrogens (tertiary/aromatic N) is 2. The number of hydrogen-bond donors (Lipinski definition) is 2. The van der Waals surface area contributed by atoms with Crippen LogP contribution in [-0.4, -0.2) is 17.0 Å². The van der Waals surface area contributed by atoms with Gasteiger partial charge in [0.25, 0.3) is 5.56 Å². The summed E-state index contributed by atoms with van der Waals surface area (Å²) in [6, 6.07) is 6.82. The smallest absolute Gasteiger partial charge is 0.344 e. The fraction of sp³-hybridized carbons (Fsp3) is 0.412. The van der Waals surface area contributed by atoms with Crippen molar-refractivity contribution in [1.82, 2.24) is 9.27 Å². The molecular weight excluding hydrogens is 365 g/mol. The van der Waals surface area contributed by atoms with Crippen molar-refractivity contribution in [2.45, 2.75) is 25.1 Å². The number of rotatable bonds is 3. The Morgan fingerprint density at radius 3 is 2.73 bits per heavy atom. The molecule has 2 aromatic rings. The molecule has 2 heterocycles. The molecule has 0 bridgehead atoms. The molecule has 1 aliphatic carbocycles. The second-order valence-electron chi connectivity index (χ2n) is 6.72. The molecule has 1 aromatic carbocycles. The summed E-state index contributed by atoms with van der Waals surface area (Å²) in [5.41, 5.74) is -1.55. The molecule has 5 nitrogen and oxygen atoms in total. The van der Waals surface area contributed by atoms with E-state index in [2.05, 4.69) is 10.6 Å². The average Bonchev–Trinajstić information content (AvgIpc) is 3.14. The maximum atomic E-state index is 13.2. The number of nitrogens with one attached hydrogen (secondary N) is 2. The zero-order chi connectivity index (χ0) is 18.5. The molecule has 0 amide bonds. The molecule has 1 atom stereocenters. The number of halogens is 3. The van der Waals surface area contributed by atoms with E-state index in [0.717, 1.165) is 37.0 Å². The van der Waals surface area contributed by atoms with Crippen molar-refractivity contribution in [2.24, 2.45) is 5.41 Å². The topological polar surface area (TPSA) is 69.8 Å². The Morgan fingerprint density at radius 1 is 1.35 bits per heavy atom. The number of benzene rings is 1. The molecular formula is C17H15F3N4OS. The summed E-state index contributed by atoms with van der Waals surface area (Å²) in [6.45, 7) is 1.45. The molecule has 0 radical (unpaired) electrons. The molecule has 1 saturated carbocycles. The van der Waals surface area contributed by atoms with Crippen LogP contribution in [0.1, 0.15) is 30.0 Å². The van der Waals surface area contributed by atoms with Gasteiger partial charge in [-0.15, -0.1) is 0 Å². The molecule has 26 heavy (non-hydrogen) atoms. The van der Waals surface area contributed by atoms with Gasteiger partial charge in [0.05, 0.1) is 17.3 Å². The van der Waals surface area contributed by atoms with E-state index in [-0.39, 0.29) is 27.7 Å². The summed E-state index contributed by atoms with van der Waals surface area (Å²) in [6.07, 6.45) is -2.51. The number of alkyl halides is 3. The Balaban J connectivity index is 1.74. The van der Waals surface area contributed by atoms with Crippen LogP contribution >= 0.6 is 11.5 Å². The first-order valence-electron chi connectivity index (χ1n) is 8.16. The molecule has 1 saturated heterocycles. The van der Waals surface area contributed by atoms with Crippen molar-refractivity contribution in [3.8, 4) is 6.07 Å². The highest BCUT2D eigenvalue weighted by molar-refractivity contribution is 7.11. The molecule has 1 spiro atoms. The Hall–Kier alpha value is -2.31. The molecule has 2 aliphatic rings. The van der Waals surface area contributed by atoms with Crippen LogP contribution in [0.5, 0.6) is 0 Å². The van der Waals surface area contributed by atoms with Gasteiger partial charge in [-0.05, 0) is 36.5 Å². The van der Waals surface area contributed by atoms with Crippen LogP contribution in [0, 0.1) is 16.7 Å². The fourth-order valence-electron chi connectivity index (χ4n) is 3.54. The van der Waals surface area contributed by atoms with Gasteiger partial charge in [0, 0.05) is 18.5 Å². The minimum Gasteiger partial charge on any atom is -0.344 e. The highest BCUT2D eigenvalue weighted by Gasteiger charge is 2.54. The largest absolute Gasteiger partial charge is 0.418 e. The minimum atomic E-state index is -4.53. The Morgan fingerprint density at radius 2 is 2.08 bits per heavy atom. The fourth-order valence-corrected chi connectivity index (χ4v) is 4.71. The Labute approximate surface area is 151 Å². The second kappa shape index (κ2) is 5.86. The number of para-hydroxylation sites is 1. The Bertz CT molecular complexity index is 952. The molecule has 2 N–H and O–H groups in total.